The van der Waals surface area contributed by atoms with Gasteiger partial charge in [-0.2, -0.15) is 11.3 Å². The number of benzene rings is 1. The van der Waals surface area contributed by atoms with E-state index < -0.39 is 0 Å². The summed E-state index contributed by atoms with van der Waals surface area (Å²) in [6.45, 7) is 5.22. The molecule has 0 atom stereocenters. The van der Waals surface area contributed by atoms with Gasteiger partial charge in [-0.05, 0) is 53.9 Å². The lowest BCUT2D eigenvalue weighted by molar-refractivity contribution is -0.384. The predicted octanol–water partition coefficient (Wildman–Crippen LogP) is 3.41. The van der Waals surface area contributed by atoms with E-state index in [-0.39, 0.29) is 10.6 Å². The highest BCUT2D eigenvalue weighted by atomic mass is 32.1. The Balaban J connectivity index is 1.43. The molecule has 2 heterocycles. The molecule has 1 aliphatic heterocycles. The van der Waals surface area contributed by atoms with Gasteiger partial charge in [-0.1, -0.05) is 0 Å². The van der Waals surface area contributed by atoms with Gasteiger partial charge in [0.05, 0.1) is 4.92 Å². The molecule has 0 radical (unpaired) electrons. The van der Waals surface area contributed by atoms with E-state index in [1.165, 1.54) is 12.0 Å². The topological polar surface area (TPSA) is 49.6 Å². The first-order valence-electron chi connectivity index (χ1n) is 7.95. The van der Waals surface area contributed by atoms with Crippen molar-refractivity contribution in [3.63, 3.8) is 0 Å². The number of nitrogens with zero attached hydrogens (tertiary/aromatic N) is 3. The summed E-state index contributed by atoms with van der Waals surface area (Å²) in [4.78, 5) is 15.2. The molecule has 0 unspecified atom stereocenters. The van der Waals surface area contributed by atoms with Gasteiger partial charge in [0.2, 0.25) is 0 Å². The normalized spacial score (nSPS) is 15.7. The number of nitro groups is 1. The quantitative estimate of drug-likeness (QED) is 0.601. The third-order valence-electron chi connectivity index (χ3n) is 4.32. The molecule has 6 heteroatoms. The zero-order chi connectivity index (χ0) is 16.1. The molecule has 3 rings (SSSR count). The van der Waals surface area contributed by atoms with Crippen molar-refractivity contribution in [1.82, 2.24) is 4.90 Å². The molecule has 122 valence electrons. The number of aryl methyl sites for hydroxylation is 1. The van der Waals surface area contributed by atoms with Crippen LogP contribution >= 0.6 is 11.3 Å². The van der Waals surface area contributed by atoms with Gasteiger partial charge in [0, 0.05) is 44.0 Å². The molecule has 2 aromatic rings. The number of rotatable bonds is 6. The maximum Gasteiger partial charge on any atom is 0.269 e. The fraction of sp³-hybridized carbons (Fsp3) is 0.412. The Kier molecular flexibility index (Phi) is 5.25. The maximum absolute atomic E-state index is 10.7. The van der Waals surface area contributed by atoms with Crippen LogP contribution in [0.3, 0.4) is 0 Å². The van der Waals surface area contributed by atoms with E-state index in [1.54, 1.807) is 23.5 Å². The van der Waals surface area contributed by atoms with Crippen LogP contribution in [0.25, 0.3) is 0 Å². The number of anilines is 1. The van der Waals surface area contributed by atoms with Crippen LogP contribution in [-0.2, 0) is 6.42 Å². The molecule has 0 saturated carbocycles. The lowest BCUT2D eigenvalue weighted by Crippen LogP contribution is -2.46. The second-order valence-electron chi connectivity index (χ2n) is 5.84. The second kappa shape index (κ2) is 7.57. The lowest BCUT2D eigenvalue weighted by Gasteiger charge is -2.36. The molecule has 1 fully saturated rings. The number of hydrogen-bond donors (Lipinski definition) is 0. The first-order chi connectivity index (χ1) is 11.2. The third-order valence-corrected chi connectivity index (χ3v) is 5.05. The molecule has 23 heavy (non-hydrogen) atoms. The van der Waals surface area contributed by atoms with Crippen molar-refractivity contribution in [2.24, 2.45) is 0 Å². The summed E-state index contributed by atoms with van der Waals surface area (Å²) in [5, 5.41) is 15.1. The first kappa shape index (κ1) is 16.0. The summed E-state index contributed by atoms with van der Waals surface area (Å²) in [6, 6.07) is 9.08. The van der Waals surface area contributed by atoms with Crippen molar-refractivity contribution in [3.8, 4) is 0 Å². The molecule has 0 bridgehead atoms. The summed E-state index contributed by atoms with van der Waals surface area (Å²) in [5.74, 6) is 0. The van der Waals surface area contributed by atoms with Crippen molar-refractivity contribution in [2.75, 3.05) is 37.6 Å². The molecule has 0 N–H and O–H groups in total. The van der Waals surface area contributed by atoms with Crippen LogP contribution in [0.15, 0.2) is 41.1 Å². The van der Waals surface area contributed by atoms with Gasteiger partial charge in [-0.15, -0.1) is 0 Å². The summed E-state index contributed by atoms with van der Waals surface area (Å²) in [5.41, 5.74) is 2.67. The SMILES string of the molecule is O=[N+]([O-])c1ccc(N2CCN(CCCc3ccsc3)CC2)cc1. The second-order valence-corrected chi connectivity index (χ2v) is 6.62. The van der Waals surface area contributed by atoms with Crippen LogP contribution in [-0.4, -0.2) is 42.5 Å². The van der Waals surface area contributed by atoms with Crippen LogP contribution in [0.2, 0.25) is 0 Å². The number of thiophene rings is 1. The minimum atomic E-state index is -0.352. The van der Waals surface area contributed by atoms with Crippen molar-refractivity contribution in [1.29, 1.82) is 0 Å². The van der Waals surface area contributed by atoms with Gasteiger partial charge < -0.3 is 4.90 Å². The number of nitro benzene ring substituents is 1. The summed E-state index contributed by atoms with van der Waals surface area (Å²) in [6.07, 6.45) is 2.36. The summed E-state index contributed by atoms with van der Waals surface area (Å²) in [7, 11) is 0. The monoisotopic (exact) mass is 331 g/mol. The van der Waals surface area contributed by atoms with Crippen LogP contribution in [0.1, 0.15) is 12.0 Å². The molecule has 0 aliphatic carbocycles. The van der Waals surface area contributed by atoms with E-state index in [2.05, 4.69) is 26.6 Å². The first-order valence-corrected chi connectivity index (χ1v) is 8.89. The molecule has 0 spiro atoms. The van der Waals surface area contributed by atoms with Crippen molar-refractivity contribution >= 4 is 22.7 Å². The Morgan fingerprint density at radius 3 is 2.43 bits per heavy atom. The number of non-ortho nitro benzene ring substituents is 1. The fourth-order valence-corrected chi connectivity index (χ4v) is 3.66. The van der Waals surface area contributed by atoms with Crippen molar-refractivity contribution in [2.45, 2.75) is 12.8 Å². The number of hydrogen-bond acceptors (Lipinski definition) is 5. The average Bonchev–Trinajstić information content (AvgIpc) is 3.09. The van der Waals surface area contributed by atoms with Crippen molar-refractivity contribution < 1.29 is 4.92 Å². The standard InChI is InChI=1S/C17H21N3O2S/c21-20(22)17-5-3-16(4-6-17)19-11-9-18(10-12-19)8-1-2-15-7-13-23-14-15/h3-7,13-14H,1-2,8-12H2. The number of piperazine rings is 1. The van der Waals surface area contributed by atoms with Crippen LogP contribution in [0, 0.1) is 10.1 Å². The third kappa shape index (κ3) is 4.30. The zero-order valence-electron chi connectivity index (χ0n) is 13.1. The molecule has 5 nitrogen and oxygen atoms in total. The minimum absolute atomic E-state index is 0.154. The smallest absolute Gasteiger partial charge is 0.269 e. The minimum Gasteiger partial charge on any atom is -0.369 e. The Hall–Kier alpha value is -1.92. The highest BCUT2D eigenvalue weighted by molar-refractivity contribution is 7.07. The van der Waals surface area contributed by atoms with E-state index >= 15 is 0 Å². The van der Waals surface area contributed by atoms with Crippen LogP contribution in [0.5, 0.6) is 0 Å². The molecule has 1 aliphatic rings. The predicted molar refractivity (Wildman–Crippen MR) is 94.4 cm³/mol. The highest BCUT2D eigenvalue weighted by Gasteiger charge is 2.17. The highest BCUT2D eigenvalue weighted by Crippen LogP contribution is 2.20. The Labute approximate surface area is 140 Å². The van der Waals surface area contributed by atoms with Gasteiger partial charge in [-0.25, -0.2) is 0 Å². The fourth-order valence-electron chi connectivity index (χ4n) is 2.96. The van der Waals surface area contributed by atoms with Gasteiger partial charge in [-0.3, -0.25) is 15.0 Å². The van der Waals surface area contributed by atoms with Gasteiger partial charge >= 0.3 is 0 Å². The molecule has 1 aromatic carbocycles. The largest absolute Gasteiger partial charge is 0.369 e. The van der Waals surface area contributed by atoms with Crippen molar-refractivity contribution in [3.05, 3.63) is 56.8 Å². The van der Waals surface area contributed by atoms with Gasteiger partial charge in [0.15, 0.2) is 0 Å². The van der Waals surface area contributed by atoms with E-state index in [0.29, 0.717) is 0 Å². The lowest BCUT2D eigenvalue weighted by atomic mass is 10.1. The Bertz CT molecular complexity index is 620. The average molecular weight is 331 g/mol. The zero-order valence-corrected chi connectivity index (χ0v) is 13.9. The summed E-state index contributed by atoms with van der Waals surface area (Å²) < 4.78 is 0. The Morgan fingerprint density at radius 1 is 1.09 bits per heavy atom. The molecular formula is C17H21N3O2S. The van der Waals surface area contributed by atoms with E-state index in [1.807, 2.05) is 12.1 Å². The molecule has 1 aromatic heterocycles. The molecular weight excluding hydrogens is 310 g/mol. The van der Waals surface area contributed by atoms with Crippen LogP contribution < -0.4 is 4.90 Å². The van der Waals surface area contributed by atoms with E-state index in [0.717, 1.165) is 44.8 Å². The molecule has 1 saturated heterocycles. The summed E-state index contributed by atoms with van der Waals surface area (Å²) >= 11 is 1.76. The Morgan fingerprint density at radius 2 is 1.83 bits per heavy atom. The molecule has 0 amide bonds. The van der Waals surface area contributed by atoms with Gasteiger partial charge in [0.1, 0.15) is 0 Å². The van der Waals surface area contributed by atoms with Crippen LogP contribution in [0.4, 0.5) is 11.4 Å². The van der Waals surface area contributed by atoms with Gasteiger partial charge in [0.25, 0.3) is 5.69 Å². The maximum atomic E-state index is 10.7. The van der Waals surface area contributed by atoms with E-state index in [4.69, 9.17) is 0 Å². The van der Waals surface area contributed by atoms with E-state index in [9.17, 15) is 10.1 Å².